The summed E-state index contributed by atoms with van der Waals surface area (Å²) in [5, 5.41) is 12.9. The van der Waals surface area contributed by atoms with Crippen LogP contribution in [0.15, 0.2) is 42.5 Å². The molecule has 0 radical (unpaired) electrons. The van der Waals surface area contributed by atoms with Crippen molar-refractivity contribution < 1.29 is 9.90 Å². The molecule has 0 aromatic heterocycles. The second-order valence-corrected chi connectivity index (χ2v) is 5.69. The van der Waals surface area contributed by atoms with Gasteiger partial charge < -0.3 is 10.4 Å². The Balaban J connectivity index is 1.98. The summed E-state index contributed by atoms with van der Waals surface area (Å²) in [7, 11) is 0. The first-order valence-electron chi connectivity index (χ1n) is 6.49. The molecule has 5 heteroatoms. The zero-order chi connectivity index (χ0) is 15.4. The van der Waals surface area contributed by atoms with E-state index in [-0.39, 0.29) is 17.7 Å². The van der Waals surface area contributed by atoms with Crippen molar-refractivity contribution in [2.75, 3.05) is 0 Å². The number of amides is 1. The average molecular weight is 324 g/mol. The molecular formula is C16H15Cl2NO2. The quantitative estimate of drug-likeness (QED) is 0.891. The van der Waals surface area contributed by atoms with E-state index in [9.17, 15) is 9.90 Å². The molecule has 1 atom stereocenters. The van der Waals surface area contributed by atoms with Crippen molar-refractivity contribution in [3.8, 4) is 5.75 Å². The molecule has 2 aromatic carbocycles. The van der Waals surface area contributed by atoms with E-state index in [1.165, 1.54) is 0 Å². The predicted octanol–water partition coefficient (Wildman–Crippen LogP) is 4.06. The Kier molecular flexibility index (Phi) is 5.10. The van der Waals surface area contributed by atoms with Gasteiger partial charge in [0, 0.05) is 11.6 Å². The van der Waals surface area contributed by atoms with E-state index in [0.717, 1.165) is 5.56 Å². The number of hydrogen-bond donors (Lipinski definition) is 2. The smallest absolute Gasteiger partial charge is 0.251 e. The summed E-state index contributed by atoms with van der Waals surface area (Å²) in [4.78, 5) is 12.1. The minimum atomic E-state index is -0.195. The van der Waals surface area contributed by atoms with Crippen LogP contribution in [0.2, 0.25) is 10.0 Å². The maximum absolute atomic E-state index is 12.1. The number of phenolic OH excluding ortho intramolecular Hbond substituents is 1. The Labute approximate surface area is 133 Å². The van der Waals surface area contributed by atoms with Crippen LogP contribution in [0.3, 0.4) is 0 Å². The first-order valence-corrected chi connectivity index (χ1v) is 7.25. The molecular weight excluding hydrogens is 309 g/mol. The molecule has 21 heavy (non-hydrogen) atoms. The molecule has 0 saturated heterocycles. The number of nitrogens with one attached hydrogen (secondary N) is 1. The molecule has 0 aliphatic carbocycles. The van der Waals surface area contributed by atoms with E-state index in [1.807, 2.05) is 19.1 Å². The molecule has 0 spiro atoms. The van der Waals surface area contributed by atoms with Crippen LogP contribution >= 0.6 is 23.2 Å². The topological polar surface area (TPSA) is 49.3 Å². The number of carbonyl (C=O) groups excluding carboxylic acids is 1. The summed E-state index contributed by atoms with van der Waals surface area (Å²) in [6.45, 7) is 1.92. The van der Waals surface area contributed by atoms with E-state index < -0.39 is 0 Å². The van der Waals surface area contributed by atoms with Gasteiger partial charge in [-0.2, -0.15) is 0 Å². The summed E-state index contributed by atoms with van der Waals surface area (Å²) in [6.07, 6.45) is 0.674. The summed E-state index contributed by atoms with van der Waals surface area (Å²) in [5.74, 6) is 0.0334. The maximum atomic E-state index is 12.1. The third-order valence-corrected chi connectivity index (χ3v) is 3.78. The van der Waals surface area contributed by atoms with Crippen LogP contribution < -0.4 is 5.32 Å². The van der Waals surface area contributed by atoms with Crippen molar-refractivity contribution in [3.05, 3.63) is 63.6 Å². The van der Waals surface area contributed by atoms with Crippen LogP contribution in [-0.4, -0.2) is 17.1 Å². The van der Waals surface area contributed by atoms with Gasteiger partial charge in [-0.15, -0.1) is 0 Å². The first kappa shape index (κ1) is 15.7. The number of aromatic hydroxyl groups is 1. The molecule has 110 valence electrons. The van der Waals surface area contributed by atoms with E-state index >= 15 is 0 Å². The molecule has 0 heterocycles. The lowest BCUT2D eigenvalue weighted by Crippen LogP contribution is -2.34. The highest BCUT2D eigenvalue weighted by Gasteiger charge is 2.11. The van der Waals surface area contributed by atoms with Crippen molar-refractivity contribution in [2.45, 2.75) is 19.4 Å². The third kappa shape index (κ3) is 4.38. The highest BCUT2D eigenvalue weighted by atomic mass is 35.5. The minimum Gasteiger partial charge on any atom is -0.508 e. The number of halogens is 2. The first-order chi connectivity index (χ1) is 9.95. The van der Waals surface area contributed by atoms with Gasteiger partial charge in [-0.25, -0.2) is 0 Å². The lowest BCUT2D eigenvalue weighted by atomic mass is 10.1. The largest absolute Gasteiger partial charge is 0.508 e. The molecule has 1 amide bonds. The van der Waals surface area contributed by atoms with Crippen LogP contribution in [0, 0.1) is 0 Å². The SMILES string of the molecule is C[C@H](Cc1ccc(O)cc1)NC(=O)c1ccc(Cl)c(Cl)c1. The summed E-state index contributed by atoms with van der Waals surface area (Å²) in [6, 6.07) is 11.7. The Morgan fingerprint density at radius 1 is 1.14 bits per heavy atom. The van der Waals surface area contributed by atoms with Gasteiger partial charge in [-0.05, 0) is 49.2 Å². The molecule has 0 bridgehead atoms. The standard InChI is InChI=1S/C16H15Cl2NO2/c1-10(8-11-2-5-13(20)6-3-11)19-16(21)12-4-7-14(17)15(18)9-12/h2-7,9-10,20H,8H2,1H3,(H,19,21)/t10-/m1/s1. The number of rotatable bonds is 4. The molecule has 2 rings (SSSR count). The number of phenols is 1. The zero-order valence-electron chi connectivity index (χ0n) is 11.4. The van der Waals surface area contributed by atoms with Gasteiger partial charge in [-0.1, -0.05) is 35.3 Å². The van der Waals surface area contributed by atoms with Gasteiger partial charge >= 0.3 is 0 Å². The van der Waals surface area contributed by atoms with E-state index in [2.05, 4.69) is 5.32 Å². The fourth-order valence-electron chi connectivity index (χ4n) is 1.98. The van der Waals surface area contributed by atoms with Crippen LogP contribution in [0.4, 0.5) is 0 Å². The molecule has 0 aliphatic heterocycles. The average Bonchev–Trinajstić information content (AvgIpc) is 2.44. The van der Waals surface area contributed by atoms with Crippen molar-refractivity contribution in [2.24, 2.45) is 0 Å². The molecule has 0 saturated carbocycles. The van der Waals surface area contributed by atoms with Gasteiger partial charge in [0.25, 0.3) is 5.91 Å². The second-order valence-electron chi connectivity index (χ2n) is 4.87. The van der Waals surface area contributed by atoms with E-state index in [1.54, 1.807) is 30.3 Å². The van der Waals surface area contributed by atoms with Crippen molar-refractivity contribution in [1.82, 2.24) is 5.32 Å². The number of carbonyl (C=O) groups is 1. The van der Waals surface area contributed by atoms with Crippen molar-refractivity contribution >= 4 is 29.1 Å². The summed E-state index contributed by atoms with van der Waals surface area (Å²) < 4.78 is 0. The Morgan fingerprint density at radius 3 is 2.43 bits per heavy atom. The second kappa shape index (κ2) is 6.83. The molecule has 3 nitrogen and oxygen atoms in total. The number of hydrogen-bond acceptors (Lipinski definition) is 2. The lowest BCUT2D eigenvalue weighted by Gasteiger charge is -2.14. The monoisotopic (exact) mass is 323 g/mol. The number of benzene rings is 2. The summed E-state index contributed by atoms with van der Waals surface area (Å²) in [5.41, 5.74) is 1.51. The third-order valence-electron chi connectivity index (χ3n) is 3.04. The summed E-state index contributed by atoms with van der Waals surface area (Å²) >= 11 is 11.7. The van der Waals surface area contributed by atoms with E-state index in [4.69, 9.17) is 23.2 Å². The van der Waals surface area contributed by atoms with Gasteiger partial charge in [0.1, 0.15) is 5.75 Å². The normalized spacial score (nSPS) is 12.0. The maximum Gasteiger partial charge on any atom is 0.251 e. The Bertz CT molecular complexity index is 641. The molecule has 0 fully saturated rings. The fraction of sp³-hybridized carbons (Fsp3) is 0.188. The van der Waals surface area contributed by atoms with Crippen LogP contribution in [0.5, 0.6) is 5.75 Å². The minimum absolute atomic E-state index is 0.0449. The lowest BCUT2D eigenvalue weighted by molar-refractivity contribution is 0.0940. The zero-order valence-corrected chi connectivity index (χ0v) is 12.9. The van der Waals surface area contributed by atoms with Gasteiger partial charge in [-0.3, -0.25) is 4.79 Å². The highest BCUT2D eigenvalue weighted by Crippen LogP contribution is 2.22. The Hall–Kier alpha value is -1.71. The van der Waals surface area contributed by atoms with Crippen LogP contribution in [0.1, 0.15) is 22.8 Å². The fourth-order valence-corrected chi connectivity index (χ4v) is 2.28. The predicted molar refractivity (Wildman–Crippen MR) is 85.2 cm³/mol. The van der Waals surface area contributed by atoms with Crippen LogP contribution in [-0.2, 0) is 6.42 Å². The van der Waals surface area contributed by atoms with Gasteiger partial charge in [0.2, 0.25) is 0 Å². The Morgan fingerprint density at radius 2 is 1.81 bits per heavy atom. The highest BCUT2D eigenvalue weighted by molar-refractivity contribution is 6.42. The van der Waals surface area contributed by atoms with Crippen molar-refractivity contribution in [1.29, 1.82) is 0 Å². The molecule has 0 unspecified atom stereocenters. The van der Waals surface area contributed by atoms with Crippen LogP contribution in [0.25, 0.3) is 0 Å². The van der Waals surface area contributed by atoms with E-state index in [0.29, 0.717) is 22.0 Å². The van der Waals surface area contributed by atoms with Gasteiger partial charge in [0.15, 0.2) is 0 Å². The molecule has 2 N–H and O–H groups in total. The van der Waals surface area contributed by atoms with Gasteiger partial charge in [0.05, 0.1) is 10.0 Å². The molecule has 0 aliphatic rings. The molecule has 2 aromatic rings. The van der Waals surface area contributed by atoms with Crippen molar-refractivity contribution in [3.63, 3.8) is 0 Å².